The molecule has 0 aliphatic carbocycles. The number of nitrogen functional groups attached to an aromatic ring is 1. The molecule has 0 fully saturated rings. The standard InChI is InChI=1S/C18H18N4O2S/c1-2-3-9-25-17-12(10-19)14-13(15(20)21-17)16(23)22-18(14,24)11-7-5-4-6-8-11/h4-8,24H,2-3,9H2,1H3,(H2,20,21)(H,22,23). The minimum absolute atomic E-state index is 0.0253. The van der Waals surface area contributed by atoms with Crippen LogP contribution >= 0.6 is 11.8 Å². The van der Waals surface area contributed by atoms with Gasteiger partial charge in [0.25, 0.3) is 5.91 Å². The highest BCUT2D eigenvalue weighted by Gasteiger charge is 2.47. The van der Waals surface area contributed by atoms with Crippen molar-refractivity contribution in [3.05, 3.63) is 52.6 Å². The molecule has 0 bridgehead atoms. The molecule has 1 aromatic heterocycles. The van der Waals surface area contributed by atoms with Gasteiger partial charge in [-0.1, -0.05) is 43.7 Å². The molecule has 1 aliphatic heterocycles. The first-order valence-corrected chi connectivity index (χ1v) is 8.98. The van der Waals surface area contributed by atoms with Crippen molar-refractivity contribution < 1.29 is 9.90 Å². The van der Waals surface area contributed by atoms with Crippen molar-refractivity contribution in [1.29, 1.82) is 5.26 Å². The molecular formula is C18H18N4O2S. The number of benzene rings is 1. The topological polar surface area (TPSA) is 112 Å². The maximum atomic E-state index is 12.4. The van der Waals surface area contributed by atoms with E-state index in [0.29, 0.717) is 10.6 Å². The van der Waals surface area contributed by atoms with Gasteiger partial charge in [0.15, 0.2) is 5.72 Å². The normalized spacial score (nSPS) is 18.5. The number of nitrogens with two attached hydrogens (primary N) is 1. The second-order valence-electron chi connectivity index (χ2n) is 5.77. The predicted molar refractivity (Wildman–Crippen MR) is 95.9 cm³/mol. The Kier molecular flexibility index (Phi) is 4.66. The first kappa shape index (κ1) is 17.3. The quantitative estimate of drug-likeness (QED) is 0.561. The van der Waals surface area contributed by atoms with Crippen LogP contribution in [0.2, 0.25) is 0 Å². The molecule has 25 heavy (non-hydrogen) atoms. The molecule has 1 unspecified atom stereocenters. The van der Waals surface area contributed by atoms with Gasteiger partial charge in [-0.25, -0.2) is 4.98 Å². The van der Waals surface area contributed by atoms with Gasteiger partial charge < -0.3 is 16.2 Å². The molecule has 3 rings (SSSR count). The average Bonchev–Trinajstić information content (AvgIpc) is 2.89. The third-order valence-electron chi connectivity index (χ3n) is 4.12. The molecule has 1 atom stereocenters. The van der Waals surface area contributed by atoms with Crippen LogP contribution in [0.1, 0.15) is 46.8 Å². The zero-order valence-electron chi connectivity index (χ0n) is 13.7. The number of aromatic nitrogens is 1. The van der Waals surface area contributed by atoms with E-state index in [1.54, 1.807) is 24.3 Å². The van der Waals surface area contributed by atoms with Crippen LogP contribution < -0.4 is 11.1 Å². The zero-order chi connectivity index (χ0) is 18.0. The van der Waals surface area contributed by atoms with E-state index in [4.69, 9.17) is 5.73 Å². The lowest BCUT2D eigenvalue weighted by Gasteiger charge is -2.25. The Morgan fingerprint density at radius 1 is 1.40 bits per heavy atom. The number of aliphatic hydroxyl groups is 1. The minimum atomic E-state index is -1.80. The molecule has 128 valence electrons. The molecule has 1 aliphatic rings. The number of nitrogens with zero attached hydrogens (tertiary/aromatic N) is 2. The Bertz CT molecular complexity index is 864. The van der Waals surface area contributed by atoms with Crippen molar-refractivity contribution in [3.63, 3.8) is 0 Å². The lowest BCUT2D eigenvalue weighted by molar-refractivity contribution is 0.0473. The lowest BCUT2D eigenvalue weighted by atomic mass is 9.92. The summed E-state index contributed by atoms with van der Waals surface area (Å²) >= 11 is 1.41. The summed E-state index contributed by atoms with van der Waals surface area (Å²) in [6, 6.07) is 10.8. The number of thioether (sulfide) groups is 1. The summed E-state index contributed by atoms with van der Waals surface area (Å²) in [7, 11) is 0. The molecule has 0 radical (unpaired) electrons. The molecule has 7 heteroatoms. The second kappa shape index (κ2) is 6.75. The summed E-state index contributed by atoms with van der Waals surface area (Å²) in [6.07, 6.45) is 1.98. The fourth-order valence-electron chi connectivity index (χ4n) is 2.88. The minimum Gasteiger partial charge on any atom is -0.383 e. The van der Waals surface area contributed by atoms with Gasteiger partial charge in [-0.3, -0.25) is 4.79 Å². The summed E-state index contributed by atoms with van der Waals surface area (Å²) in [5.74, 6) is 0.270. The molecule has 0 saturated heterocycles. The summed E-state index contributed by atoms with van der Waals surface area (Å²) in [6.45, 7) is 2.08. The number of hydrogen-bond donors (Lipinski definition) is 3. The number of carbonyl (C=O) groups is 1. The molecule has 4 N–H and O–H groups in total. The fourth-order valence-corrected chi connectivity index (χ4v) is 3.96. The Labute approximate surface area is 150 Å². The third kappa shape index (κ3) is 2.84. The highest BCUT2D eigenvalue weighted by molar-refractivity contribution is 7.99. The van der Waals surface area contributed by atoms with Crippen LogP contribution in [0.15, 0.2) is 35.4 Å². The van der Waals surface area contributed by atoms with Gasteiger partial charge in [0.05, 0.1) is 11.1 Å². The van der Waals surface area contributed by atoms with Crippen molar-refractivity contribution in [1.82, 2.24) is 10.3 Å². The summed E-state index contributed by atoms with van der Waals surface area (Å²) in [5.41, 5.74) is 5.11. The Balaban J connectivity index is 2.21. The van der Waals surface area contributed by atoms with Gasteiger partial charge in [0.1, 0.15) is 16.9 Å². The molecule has 0 spiro atoms. The van der Waals surface area contributed by atoms with Crippen LogP contribution in [-0.4, -0.2) is 21.8 Å². The van der Waals surface area contributed by atoms with Crippen molar-refractivity contribution >= 4 is 23.5 Å². The van der Waals surface area contributed by atoms with Crippen LogP contribution in [0, 0.1) is 11.3 Å². The summed E-state index contributed by atoms with van der Waals surface area (Å²) in [4.78, 5) is 16.7. The third-order valence-corrected chi connectivity index (χ3v) is 5.18. The zero-order valence-corrected chi connectivity index (χ0v) is 14.6. The first-order valence-electron chi connectivity index (χ1n) is 8.00. The maximum absolute atomic E-state index is 12.4. The first-order chi connectivity index (χ1) is 12.0. The van der Waals surface area contributed by atoms with E-state index in [0.717, 1.165) is 18.6 Å². The molecule has 1 amide bonds. The number of anilines is 1. The van der Waals surface area contributed by atoms with Crippen LogP contribution in [-0.2, 0) is 5.72 Å². The van der Waals surface area contributed by atoms with Crippen LogP contribution in [0.25, 0.3) is 0 Å². The summed E-state index contributed by atoms with van der Waals surface area (Å²) < 4.78 is 0. The number of carbonyl (C=O) groups excluding carboxylic acids is 1. The average molecular weight is 354 g/mol. The fraction of sp³-hybridized carbons (Fsp3) is 0.278. The molecule has 1 aromatic carbocycles. The SMILES string of the molecule is CCCCSc1nc(N)c2c(c1C#N)C(O)(c1ccccc1)NC2=O. The van der Waals surface area contributed by atoms with Crippen LogP contribution in [0.5, 0.6) is 0 Å². The number of amides is 1. The highest BCUT2D eigenvalue weighted by atomic mass is 32.2. The number of pyridine rings is 1. The highest BCUT2D eigenvalue weighted by Crippen LogP contribution is 2.41. The number of nitrogens with one attached hydrogen (secondary N) is 1. The number of hydrogen-bond acceptors (Lipinski definition) is 6. The summed E-state index contributed by atoms with van der Waals surface area (Å²) in [5, 5.41) is 23.9. The Hall–Kier alpha value is -2.56. The second-order valence-corrected chi connectivity index (χ2v) is 6.86. The van der Waals surface area contributed by atoms with Crippen molar-refractivity contribution in [2.75, 3.05) is 11.5 Å². The van der Waals surface area contributed by atoms with Gasteiger partial charge in [0, 0.05) is 11.1 Å². The van der Waals surface area contributed by atoms with Gasteiger partial charge in [-0.2, -0.15) is 5.26 Å². The maximum Gasteiger partial charge on any atom is 0.258 e. The number of unbranched alkanes of at least 4 members (excludes halogenated alkanes) is 1. The van der Waals surface area contributed by atoms with Gasteiger partial charge in [-0.15, -0.1) is 11.8 Å². The Morgan fingerprint density at radius 2 is 2.12 bits per heavy atom. The van der Waals surface area contributed by atoms with E-state index in [1.165, 1.54) is 11.8 Å². The van der Waals surface area contributed by atoms with E-state index in [9.17, 15) is 15.2 Å². The van der Waals surface area contributed by atoms with Gasteiger partial charge in [-0.05, 0) is 12.2 Å². The number of fused-ring (bicyclic) bond motifs is 1. The van der Waals surface area contributed by atoms with Crippen molar-refractivity contribution in [3.8, 4) is 6.07 Å². The smallest absolute Gasteiger partial charge is 0.258 e. The molecule has 2 aromatic rings. The largest absolute Gasteiger partial charge is 0.383 e. The number of nitriles is 1. The van der Waals surface area contributed by atoms with E-state index in [-0.39, 0.29) is 22.5 Å². The van der Waals surface area contributed by atoms with E-state index in [2.05, 4.69) is 23.3 Å². The van der Waals surface area contributed by atoms with Gasteiger partial charge in [0.2, 0.25) is 0 Å². The lowest BCUT2D eigenvalue weighted by Crippen LogP contribution is -2.40. The Morgan fingerprint density at radius 3 is 2.76 bits per heavy atom. The number of rotatable bonds is 5. The molecular weight excluding hydrogens is 336 g/mol. The van der Waals surface area contributed by atoms with E-state index >= 15 is 0 Å². The monoisotopic (exact) mass is 354 g/mol. The predicted octanol–water partition coefficient (Wildman–Crippen LogP) is 2.36. The van der Waals surface area contributed by atoms with Gasteiger partial charge >= 0.3 is 0 Å². The van der Waals surface area contributed by atoms with Crippen molar-refractivity contribution in [2.24, 2.45) is 0 Å². The molecule has 2 heterocycles. The van der Waals surface area contributed by atoms with Crippen LogP contribution in [0.4, 0.5) is 5.82 Å². The van der Waals surface area contributed by atoms with E-state index < -0.39 is 11.6 Å². The molecule has 6 nitrogen and oxygen atoms in total. The van der Waals surface area contributed by atoms with E-state index in [1.807, 2.05) is 6.07 Å². The van der Waals surface area contributed by atoms with Crippen molar-refractivity contribution in [2.45, 2.75) is 30.5 Å². The molecule has 0 saturated carbocycles. The van der Waals surface area contributed by atoms with Crippen LogP contribution in [0.3, 0.4) is 0 Å².